The van der Waals surface area contributed by atoms with Crippen molar-refractivity contribution in [3.8, 4) is 5.75 Å². The highest BCUT2D eigenvalue weighted by atomic mass is 127. The van der Waals surface area contributed by atoms with Crippen LogP contribution in [-0.4, -0.2) is 29.3 Å². The summed E-state index contributed by atoms with van der Waals surface area (Å²) in [6.07, 6.45) is 0.128. The van der Waals surface area contributed by atoms with Crippen molar-refractivity contribution in [1.82, 2.24) is 20.8 Å². The van der Waals surface area contributed by atoms with Gasteiger partial charge in [0.25, 0.3) is 0 Å². The number of benzene rings is 1. The van der Waals surface area contributed by atoms with Gasteiger partial charge in [-0.3, -0.25) is 4.99 Å². The normalized spacial score (nSPS) is 11.2. The molecule has 0 saturated carbocycles. The van der Waals surface area contributed by atoms with Crippen molar-refractivity contribution < 1.29 is 9.26 Å². The van der Waals surface area contributed by atoms with E-state index >= 15 is 0 Å². The SMILES string of the molecule is CN=C(NCc1nc(C)no1)NCc1ccc(C)cc1OC(C)C.I. The molecule has 2 aromatic rings. The minimum absolute atomic E-state index is 0. The number of rotatable bonds is 6. The number of aromatic nitrogens is 2. The number of hydrogen-bond donors (Lipinski definition) is 2. The Morgan fingerprint density at radius 3 is 2.56 bits per heavy atom. The van der Waals surface area contributed by atoms with Crippen LogP contribution in [0.1, 0.15) is 36.7 Å². The van der Waals surface area contributed by atoms with E-state index in [1.807, 2.05) is 13.8 Å². The van der Waals surface area contributed by atoms with E-state index in [1.165, 1.54) is 5.56 Å². The van der Waals surface area contributed by atoms with E-state index in [4.69, 9.17) is 9.26 Å². The number of guanidine groups is 1. The van der Waals surface area contributed by atoms with E-state index in [-0.39, 0.29) is 30.1 Å². The molecule has 0 atom stereocenters. The topological polar surface area (TPSA) is 84.6 Å². The third kappa shape index (κ3) is 6.89. The highest BCUT2D eigenvalue weighted by Gasteiger charge is 2.08. The van der Waals surface area contributed by atoms with Crippen LogP contribution >= 0.6 is 24.0 Å². The van der Waals surface area contributed by atoms with Crippen molar-refractivity contribution in [3.05, 3.63) is 41.0 Å². The van der Waals surface area contributed by atoms with E-state index in [1.54, 1.807) is 14.0 Å². The quantitative estimate of drug-likeness (QED) is 0.393. The Balaban J connectivity index is 0.00000312. The smallest absolute Gasteiger partial charge is 0.246 e. The monoisotopic (exact) mass is 459 g/mol. The number of aryl methyl sites for hydroxylation is 2. The van der Waals surface area contributed by atoms with Crippen molar-refractivity contribution in [2.24, 2.45) is 4.99 Å². The zero-order valence-electron chi connectivity index (χ0n) is 15.3. The summed E-state index contributed by atoms with van der Waals surface area (Å²) < 4.78 is 11.0. The number of nitrogens with zero attached hydrogens (tertiary/aromatic N) is 3. The number of ether oxygens (including phenoxy) is 1. The number of nitrogens with one attached hydrogen (secondary N) is 2. The van der Waals surface area contributed by atoms with E-state index in [9.17, 15) is 0 Å². The molecule has 0 aliphatic rings. The lowest BCUT2D eigenvalue weighted by molar-refractivity contribution is 0.239. The molecule has 0 unspecified atom stereocenters. The molecule has 0 aliphatic carbocycles. The van der Waals surface area contributed by atoms with Crippen molar-refractivity contribution in [2.45, 2.75) is 46.9 Å². The number of aliphatic imine (C=N–C) groups is 1. The predicted molar refractivity (Wildman–Crippen MR) is 108 cm³/mol. The molecule has 8 heteroatoms. The molecule has 0 saturated heterocycles. The van der Waals surface area contributed by atoms with Gasteiger partial charge < -0.3 is 19.9 Å². The van der Waals surface area contributed by atoms with Crippen LogP contribution in [0.5, 0.6) is 5.75 Å². The molecule has 0 radical (unpaired) electrons. The summed E-state index contributed by atoms with van der Waals surface area (Å²) in [5, 5.41) is 10.2. The molecule has 0 aliphatic heterocycles. The van der Waals surface area contributed by atoms with Crippen molar-refractivity contribution in [1.29, 1.82) is 0 Å². The van der Waals surface area contributed by atoms with E-state index in [2.05, 4.69) is 50.9 Å². The van der Waals surface area contributed by atoms with Crippen LogP contribution in [0, 0.1) is 13.8 Å². The van der Waals surface area contributed by atoms with Gasteiger partial charge in [0, 0.05) is 19.2 Å². The average Bonchev–Trinajstić information content (AvgIpc) is 2.94. The van der Waals surface area contributed by atoms with Crippen LogP contribution in [0.15, 0.2) is 27.7 Å². The Morgan fingerprint density at radius 2 is 1.96 bits per heavy atom. The van der Waals surface area contributed by atoms with Gasteiger partial charge in [-0.1, -0.05) is 17.3 Å². The van der Waals surface area contributed by atoms with Crippen molar-refractivity contribution in [3.63, 3.8) is 0 Å². The maximum absolute atomic E-state index is 5.89. The van der Waals surface area contributed by atoms with Gasteiger partial charge in [0.15, 0.2) is 11.8 Å². The molecule has 1 aromatic heterocycles. The molecule has 1 aromatic carbocycles. The van der Waals surface area contributed by atoms with E-state index in [0.29, 0.717) is 30.8 Å². The second kappa shape index (κ2) is 10.2. The van der Waals surface area contributed by atoms with Crippen molar-refractivity contribution >= 4 is 29.9 Å². The lowest BCUT2D eigenvalue weighted by Gasteiger charge is -2.16. The Kier molecular flexibility index (Phi) is 8.67. The van der Waals surface area contributed by atoms with Gasteiger partial charge in [0.05, 0.1) is 12.6 Å². The average molecular weight is 459 g/mol. The largest absolute Gasteiger partial charge is 0.491 e. The van der Waals surface area contributed by atoms with Crippen LogP contribution in [-0.2, 0) is 13.1 Å². The summed E-state index contributed by atoms with van der Waals surface area (Å²) in [5.74, 6) is 2.68. The van der Waals surface area contributed by atoms with Crippen LogP contribution < -0.4 is 15.4 Å². The first kappa shape index (κ1) is 21.2. The van der Waals surface area contributed by atoms with Crippen LogP contribution in [0.3, 0.4) is 0 Å². The molecule has 0 fully saturated rings. The minimum Gasteiger partial charge on any atom is -0.491 e. The Hall–Kier alpha value is -1.84. The van der Waals surface area contributed by atoms with Crippen LogP contribution in [0.2, 0.25) is 0 Å². The summed E-state index contributed by atoms with van der Waals surface area (Å²) >= 11 is 0. The third-order valence-corrected chi connectivity index (χ3v) is 3.23. The molecular weight excluding hydrogens is 433 g/mol. The molecule has 0 amide bonds. The van der Waals surface area contributed by atoms with Crippen LogP contribution in [0.4, 0.5) is 0 Å². The molecule has 25 heavy (non-hydrogen) atoms. The van der Waals surface area contributed by atoms with E-state index in [0.717, 1.165) is 11.3 Å². The Morgan fingerprint density at radius 1 is 1.24 bits per heavy atom. The fraction of sp³-hybridized carbons (Fsp3) is 0.471. The summed E-state index contributed by atoms with van der Waals surface area (Å²) in [6.45, 7) is 8.90. The third-order valence-electron chi connectivity index (χ3n) is 3.23. The Bertz CT molecular complexity index is 700. The summed E-state index contributed by atoms with van der Waals surface area (Å²) in [4.78, 5) is 8.35. The molecule has 0 spiro atoms. The molecule has 2 rings (SSSR count). The first-order chi connectivity index (χ1) is 11.5. The Labute approximate surface area is 165 Å². The van der Waals surface area contributed by atoms with E-state index < -0.39 is 0 Å². The predicted octanol–water partition coefficient (Wildman–Crippen LogP) is 2.96. The first-order valence-electron chi connectivity index (χ1n) is 7.98. The zero-order valence-corrected chi connectivity index (χ0v) is 17.6. The molecule has 1 heterocycles. The van der Waals surface area contributed by atoms with Crippen LogP contribution in [0.25, 0.3) is 0 Å². The first-order valence-corrected chi connectivity index (χ1v) is 7.98. The minimum atomic E-state index is 0. The standard InChI is InChI=1S/C17H25N5O2.HI/c1-11(2)23-15-8-12(3)6-7-14(15)9-19-17(18-5)20-10-16-21-13(4)22-24-16;/h6-8,11H,9-10H2,1-5H3,(H2,18,19,20);1H. The molecule has 7 nitrogen and oxygen atoms in total. The summed E-state index contributed by atoms with van der Waals surface area (Å²) in [6, 6.07) is 6.19. The fourth-order valence-corrected chi connectivity index (χ4v) is 2.14. The lowest BCUT2D eigenvalue weighted by atomic mass is 10.1. The fourth-order valence-electron chi connectivity index (χ4n) is 2.14. The van der Waals surface area contributed by atoms with Gasteiger partial charge >= 0.3 is 0 Å². The molecule has 138 valence electrons. The second-order valence-electron chi connectivity index (χ2n) is 5.79. The molecule has 2 N–H and O–H groups in total. The van der Waals surface area contributed by atoms with Gasteiger partial charge in [-0.25, -0.2) is 0 Å². The molecule has 0 bridgehead atoms. The van der Waals surface area contributed by atoms with Gasteiger partial charge in [-0.05, 0) is 39.3 Å². The second-order valence-corrected chi connectivity index (χ2v) is 5.79. The van der Waals surface area contributed by atoms with Gasteiger partial charge in [0.1, 0.15) is 5.75 Å². The van der Waals surface area contributed by atoms with Gasteiger partial charge in [-0.2, -0.15) is 4.98 Å². The number of halogens is 1. The summed E-state index contributed by atoms with van der Waals surface area (Å²) in [5.41, 5.74) is 2.24. The molecular formula is C17H26IN5O2. The zero-order chi connectivity index (χ0) is 17.5. The number of hydrogen-bond acceptors (Lipinski definition) is 5. The van der Waals surface area contributed by atoms with Crippen molar-refractivity contribution in [2.75, 3.05) is 7.05 Å². The highest BCUT2D eigenvalue weighted by Crippen LogP contribution is 2.21. The summed E-state index contributed by atoms with van der Waals surface area (Å²) in [7, 11) is 1.72. The maximum atomic E-state index is 5.89. The van der Waals surface area contributed by atoms with Gasteiger partial charge in [0.2, 0.25) is 5.89 Å². The van der Waals surface area contributed by atoms with Gasteiger partial charge in [-0.15, -0.1) is 24.0 Å². The maximum Gasteiger partial charge on any atom is 0.246 e. The highest BCUT2D eigenvalue weighted by molar-refractivity contribution is 14.0. The lowest BCUT2D eigenvalue weighted by Crippen LogP contribution is -2.36.